The molecule has 1 aromatic heterocycles. The van der Waals surface area contributed by atoms with E-state index < -0.39 is 0 Å². The number of hydrazone groups is 1. The van der Waals surface area contributed by atoms with Gasteiger partial charge in [-0.15, -0.1) is 0 Å². The fourth-order valence-electron chi connectivity index (χ4n) is 3.10. The quantitative estimate of drug-likeness (QED) is 0.163. The van der Waals surface area contributed by atoms with E-state index >= 15 is 0 Å². The highest BCUT2D eigenvalue weighted by atomic mass is 16.5. The normalized spacial score (nSPS) is 11.9. The summed E-state index contributed by atoms with van der Waals surface area (Å²) < 4.78 is 5.71. The summed E-state index contributed by atoms with van der Waals surface area (Å²) in [5, 5.41) is 4.40. The number of hydrogen-bond acceptors (Lipinski definition) is 4. The number of imidazole rings is 1. The van der Waals surface area contributed by atoms with Crippen molar-refractivity contribution in [1.29, 1.82) is 0 Å². The molecule has 2 N–H and O–H groups in total. The third-order valence-corrected chi connectivity index (χ3v) is 4.92. The first-order chi connectivity index (χ1) is 15.7. The Morgan fingerprint density at radius 1 is 1.03 bits per heavy atom. The van der Waals surface area contributed by atoms with Crippen molar-refractivity contribution in [2.45, 2.75) is 26.7 Å². The van der Waals surface area contributed by atoms with Gasteiger partial charge >= 0.3 is 0 Å². The molecule has 0 spiro atoms. The number of para-hydroxylation sites is 2. The van der Waals surface area contributed by atoms with E-state index in [4.69, 9.17) is 9.73 Å². The van der Waals surface area contributed by atoms with Gasteiger partial charge in [0.25, 0.3) is 0 Å². The summed E-state index contributed by atoms with van der Waals surface area (Å²) in [6.45, 7) is 4.94. The minimum Gasteiger partial charge on any atom is -0.494 e. The number of aliphatic imine (C=N–C) groups is 1. The molecule has 0 aliphatic heterocycles. The molecular formula is C26H27N5O. The molecule has 0 fully saturated rings. The number of aromatic nitrogens is 2. The van der Waals surface area contributed by atoms with Crippen LogP contribution in [-0.4, -0.2) is 28.6 Å². The fourth-order valence-corrected chi connectivity index (χ4v) is 3.10. The predicted octanol–water partition coefficient (Wildman–Crippen LogP) is 5.75. The Bertz CT molecular complexity index is 1170. The van der Waals surface area contributed by atoms with Crippen LogP contribution in [0, 0.1) is 6.92 Å². The smallest absolute Gasteiger partial charge is 0.190 e. The summed E-state index contributed by atoms with van der Waals surface area (Å²) >= 11 is 0. The molecule has 162 valence electrons. The second-order valence-electron chi connectivity index (χ2n) is 7.54. The number of nitrogens with one attached hydrogen (secondary N) is 2. The van der Waals surface area contributed by atoms with Gasteiger partial charge in [-0.3, -0.25) is 5.43 Å². The molecule has 0 radical (unpaired) electrons. The lowest BCUT2D eigenvalue weighted by Crippen LogP contribution is -2.20. The van der Waals surface area contributed by atoms with Crippen LogP contribution < -0.4 is 10.2 Å². The first-order valence-corrected chi connectivity index (χ1v) is 10.8. The van der Waals surface area contributed by atoms with E-state index in [2.05, 4.69) is 34.3 Å². The zero-order valence-corrected chi connectivity index (χ0v) is 18.4. The van der Waals surface area contributed by atoms with Gasteiger partial charge in [0, 0.05) is 0 Å². The summed E-state index contributed by atoms with van der Waals surface area (Å²) in [7, 11) is 0. The summed E-state index contributed by atoms with van der Waals surface area (Å²) in [4.78, 5) is 12.7. The molecule has 0 aliphatic carbocycles. The van der Waals surface area contributed by atoms with Crippen LogP contribution in [0.15, 0.2) is 82.9 Å². The number of benzene rings is 3. The van der Waals surface area contributed by atoms with Crippen LogP contribution in [0.4, 0.5) is 5.69 Å². The average molecular weight is 426 g/mol. The highest BCUT2D eigenvalue weighted by Crippen LogP contribution is 2.16. The molecule has 1 heterocycles. The van der Waals surface area contributed by atoms with Crippen LogP contribution in [0.5, 0.6) is 5.75 Å². The molecule has 0 saturated heterocycles. The Kier molecular flexibility index (Phi) is 6.92. The highest BCUT2D eigenvalue weighted by molar-refractivity contribution is 6.00. The van der Waals surface area contributed by atoms with E-state index in [-0.39, 0.29) is 0 Å². The third kappa shape index (κ3) is 5.60. The van der Waals surface area contributed by atoms with Gasteiger partial charge < -0.3 is 9.72 Å². The lowest BCUT2D eigenvalue weighted by atomic mass is 10.2. The van der Waals surface area contributed by atoms with Crippen molar-refractivity contribution in [1.82, 2.24) is 15.4 Å². The van der Waals surface area contributed by atoms with Crippen LogP contribution in [0.1, 0.15) is 36.7 Å². The van der Waals surface area contributed by atoms with E-state index in [0.29, 0.717) is 11.7 Å². The zero-order valence-electron chi connectivity index (χ0n) is 18.4. The van der Waals surface area contributed by atoms with E-state index in [1.807, 2.05) is 72.8 Å². The number of H-pyrrole nitrogens is 1. The largest absolute Gasteiger partial charge is 0.494 e. The Labute approximate surface area is 188 Å². The molecule has 6 heteroatoms. The Morgan fingerprint density at radius 3 is 2.56 bits per heavy atom. The predicted molar refractivity (Wildman–Crippen MR) is 131 cm³/mol. The standard InChI is InChI=1S/C26H27N5O/c1-3-4-17-32-22-15-11-20(12-16-22)18-27-31-26(28-21-13-9-19(2)10-14-21)25-29-23-7-5-6-8-24(23)30-25/h5-16,18H,3-4,17H2,1-2H3,(H,28,31)(H,29,30). The number of nitrogens with zero attached hydrogens (tertiary/aromatic N) is 3. The van der Waals surface area contributed by atoms with Crippen molar-refractivity contribution in [3.8, 4) is 5.75 Å². The molecule has 6 nitrogen and oxygen atoms in total. The number of hydrogen-bond donors (Lipinski definition) is 2. The molecule has 32 heavy (non-hydrogen) atoms. The molecule has 0 saturated carbocycles. The maximum atomic E-state index is 5.71. The van der Waals surface area contributed by atoms with Crippen molar-refractivity contribution in [3.05, 3.63) is 89.7 Å². The summed E-state index contributed by atoms with van der Waals surface area (Å²) in [5.41, 5.74) is 7.85. The van der Waals surface area contributed by atoms with Crippen LogP contribution in [-0.2, 0) is 0 Å². The van der Waals surface area contributed by atoms with Crippen LogP contribution in [0.2, 0.25) is 0 Å². The minimum atomic E-state index is 0.542. The van der Waals surface area contributed by atoms with E-state index in [1.165, 1.54) is 5.56 Å². The van der Waals surface area contributed by atoms with Gasteiger partial charge in [0.2, 0.25) is 0 Å². The molecule has 0 bridgehead atoms. The average Bonchev–Trinajstić information content (AvgIpc) is 3.25. The van der Waals surface area contributed by atoms with Crippen LogP contribution in [0.25, 0.3) is 11.0 Å². The maximum absolute atomic E-state index is 5.71. The Hall–Kier alpha value is -3.93. The lowest BCUT2D eigenvalue weighted by Gasteiger charge is -2.05. The monoisotopic (exact) mass is 425 g/mol. The second kappa shape index (κ2) is 10.4. The fraction of sp³-hybridized carbons (Fsp3) is 0.192. The number of fused-ring (bicyclic) bond motifs is 1. The number of amidine groups is 1. The van der Waals surface area contributed by atoms with Gasteiger partial charge in [0.05, 0.1) is 29.5 Å². The molecule has 0 aliphatic rings. The molecule has 0 amide bonds. The van der Waals surface area contributed by atoms with Crippen LogP contribution in [0.3, 0.4) is 0 Å². The molecule has 3 aromatic carbocycles. The third-order valence-electron chi connectivity index (χ3n) is 4.92. The number of aryl methyl sites for hydroxylation is 1. The maximum Gasteiger partial charge on any atom is 0.190 e. The van der Waals surface area contributed by atoms with Crippen molar-refractivity contribution < 1.29 is 4.74 Å². The van der Waals surface area contributed by atoms with Crippen LogP contribution >= 0.6 is 0 Å². The van der Waals surface area contributed by atoms with Gasteiger partial charge in [-0.2, -0.15) is 5.10 Å². The van der Waals surface area contributed by atoms with Gasteiger partial charge in [-0.25, -0.2) is 9.98 Å². The molecule has 0 unspecified atom stereocenters. The number of aromatic amines is 1. The SMILES string of the molecule is CCCCOc1ccc(C=NNC(=Nc2ccc(C)cc2)c2nc3ccccc3[nH]2)cc1. The summed E-state index contributed by atoms with van der Waals surface area (Å²) in [5.74, 6) is 2.04. The van der Waals surface area contributed by atoms with E-state index in [9.17, 15) is 0 Å². The molecule has 4 rings (SSSR count). The zero-order chi connectivity index (χ0) is 22.2. The summed E-state index contributed by atoms with van der Waals surface area (Å²) in [6.07, 6.45) is 3.93. The van der Waals surface area contributed by atoms with E-state index in [0.717, 1.165) is 47.5 Å². The van der Waals surface area contributed by atoms with Crippen molar-refractivity contribution >= 4 is 28.8 Å². The first kappa shape index (κ1) is 21.3. The topological polar surface area (TPSA) is 74.7 Å². The minimum absolute atomic E-state index is 0.542. The van der Waals surface area contributed by atoms with Gasteiger partial charge in [-0.1, -0.05) is 43.2 Å². The highest BCUT2D eigenvalue weighted by Gasteiger charge is 2.09. The van der Waals surface area contributed by atoms with Gasteiger partial charge in [-0.05, 0) is 67.4 Å². The Morgan fingerprint density at radius 2 is 1.81 bits per heavy atom. The number of unbranched alkanes of at least 4 members (excludes halogenated alkanes) is 1. The van der Waals surface area contributed by atoms with Gasteiger partial charge in [0.15, 0.2) is 11.7 Å². The molecule has 0 atom stereocenters. The number of ether oxygens (including phenoxy) is 1. The van der Waals surface area contributed by atoms with Gasteiger partial charge in [0.1, 0.15) is 5.75 Å². The van der Waals surface area contributed by atoms with Crippen molar-refractivity contribution in [2.75, 3.05) is 6.61 Å². The Balaban J connectivity index is 1.53. The van der Waals surface area contributed by atoms with Crippen molar-refractivity contribution in [2.24, 2.45) is 10.1 Å². The van der Waals surface area contributed by atoms with E-state index in [1.54, 1.807) is 6.21 Å². The first-order valence-electron chi connectivity index (χ1n) is 10.8. The van der Waals surface area contributed by atoms with Crippen molar-refractivity contribution in [3.63, 3.8) is 0 Å². The summed E-state index contributed by atoms with van der Waals surface area (Å²) in [6, 6.07) is 23.8. The lowest BCUT2D eigenvalue weighted by molar-refractivity contribution is 0.309. The molecule has 4 aromatic rings. The molecular weight excluding hydrogens is 398 g/mol. The second-order valence-corrected chi connectivity index (χ2v) is 7.54. The number of rotatable bonds is 8.